The van der Waals surface area contributed by atoms with Crippen molar-refractivity contribution in [1.29, 1.82) is 0 Å². The highest BCUT2D eigenvalue weighted by atomic mass is 14.9. The molecule has 1 rings (SSSR count). The molecule has 1 aromatic carbocycles. The molecule has 2 N–H and O–H groups in total. The van der Waals surface area contributed by atoms with E-state index in [1.165, 1.54) is 11.1 Å². The van der Waals surface area contributed by atoms with Gasteiger partial charge >= 0.3 is 0 Å². The van der Waals surface area contributed by atoms with Crippen LogP contribution in [0.2, 0.25) is 0 Å². The molecule has 0 fully saturated rings. The maximum absolute atomic E-state index is 6.42. The third-order valence-corrected chi connectivity index (χ3v) is 4.91. The summed E-state index contributed by atoms with van der Waals surface area (Å²) in [5, 5.41) is 0. The average molecular weight is 337 g/mol. The third kappa shape index (κ3) is 4.60. The molecule has 0 aliphatic carbocycles. The van der Waals surface area contributed by atoms with Crippen molar-refractivity contribution in [3.8, 4) is 0 Å². The molecule has 25 heavy (non-hydrogen) atoms. The Kier molecular flexibility index (Phi) is 6.75. The number of aryl methyl sites for hydroxylation is 1. The van der Waals surface area contributed by atoms with E-state index < -0.39 is 5.41 Å². The first-order valence-corrected chi connectivity index (χ1v) is 8.58. The lowest BCUT2D eigenvalue weighted by molar-refractivity contribution is 0.575. The van der Waals surface area contributed by atoms with Gasteiger partial charge in [-0.2, -0.15) is 0 Å². The van der Waals surface area contributed by atoms with Crippen LogP contribution in [0.5, 0.6) is 0 Å². The van der Waals surface area contributed by atoms with Gasteiger partial charge in [0.1, 0.15) is 5.82 Å². The highest BCUT2D eigenvalue weighted by Crippen LogP contribution is 2.44. The van der Waals surface area contributed by atoms with Gasteiger partial charge in [0, 0.05) is 23.1 Å². The van der Waals surface area contributed by atoms with Crippen molar-refractivity contribution in [2.75, 3.05) is 0 Å². The summed E-state index contributed by atoms with van der Waals surface area (Å²) in [6, 6.07) is 8.33. The fourth-order valence-electron chi connectivity index (χ4n) is 3.08. The van der Waals surface area contributed by atoms with Crippen molar-refractivity contribution in [3.63, 3.8) is 0 Å². The highest BCUT2D eigenvalue weighted by molar-refractivity contribution is 5.85. The molecular formula is C23H32N2. The van der Waals surface area contributed by atoms with Crippen LogP contribution in [0.25, 0.3) is 0 Å². The Morgan fingerprint density at radius 2 is 1.56 bits per heavy atom. The van der Waals surface area contributed by atoms with E-state index >= 15 is 0 Å². The molecule has 0 heterocycles. The Hall–Kier alpha value is -2.35. The predicted molar refractivity (Wildman–Crippen MR) is 112 cm³/mol. The fourth-order valence-corrected chi connectivity index (χ4v) is 3.08. The molecule has 0 radical (unpaired) electrons. The van der Waals surface area contributed by atoms with Crippen LogP contribution in [0.4, 0.5) is 0 Å². The molecule has 0 aromatic heterocycles. The molecule has 0 aliphatic heterocycles. The summed E-state index contributed by atoms with van der Waals surface area (Å²) in [7, 11) is 0. The Morgan fingerprint density at radius 3 is 2.00 bits per heavy atom. The molecule has 0 amide bonds. The summed E-state index contributed by atoms with van der Waals surface area (Å²) >= 11 is 0. The Balaban J connectivity index is 3.39. The SMILES string of the molecule is C=C(C)/C(=C(/N)N=C(C)Cc1ccccc1C)C(C)(C(=C)C)C(=C)C. The van der Waals surface area contributed by atoms with E-state index in [0.717, 1.165) is 34.4 Å². The van der Waals surface area contributed by atoms with E-state index in [-0.39, 0.29) is 0 Å². The molecule has 0 saturated carbocycles. The lowest BCUT2D eigenvalue weighted by Crippen LogP contribution is -2.25. The van der Waals surface area contributed by atoms with Crippen LogP contribution in [-0.2, 0) is 6.42 Å². The van der Waals surface area contributed by atoms with Crippen LogP contribution < -0.4 is 5.73 Å². The standard InChI is InChI=1S/C23H32N2/c1-15(2)21(23(9,16(3)4)17(5)6)22(24)25-19(8)14-20-13-11-10-12-18(20)7/h10-13H,1,3,5,14,24H2,2,4,6-9H3/b22-21+,25-19?. The van der Waals surface area contributed by atoms with E-state index in [2.05, 4.69) is 45.7 Å². The molecule has 0 atom stereocenters. The van der Waals surface area contributed by atoms with Crippen LogP contribution >= 0.6 is 0 Å². The first-order valence-electron chi connectivity index (χ1n) is 8.58. The number of hydrogen-bond donors (Lipinski definition) is 1. The first-order chi connectivity index (χ1) is 11.5. The zero-order chi connectivity index (χ0) is 19.4. The summed E-state index contributed by atoms with van der Waals surface area (Å²) < 4.78 is 0. The molecule has 0 unspecified atom stereocenters. The predicted octanol–water partition coefficient (Wildman–Crippen LogP) is 5.90. The number of hydrogen-bond acceptors (Lipinski definition) is 2. The molecule has 1 aromatic rings. The minimum Gasteiger partial charge on any atom is -0.383 e. The second-order valence-corrected chi connectivity index (χ2v) is 7.18. The summed E-state index contributed by atoms with van der Waals surface area (Å²) in [5.74, 6) is 0.493. The van der Waals surface area contributed by atoms with Crippen molar-refractivity contribution >= 4 is 5.71 Å². The zero-order valence-electron chi connectivity index (χ0n) is 16.7. The van der Waals surface area contributed by atoms with Crippen molar-refractivity contribution < 1.29 is 0 Å². The van der Waals surface area contributed by atoms with Gasteiger partial charge in [0.25, 0.3) is 0 Å². The molecule has 0 spiro atoms. The molecule has 134 valence electrons. The molecule has 0 aliphatic rings. The number of rotatable bonds is 7. The fraction of sp³-hybridized carbons (Fsp3) is 0.348. The van der Waals surface area contributed by atoms with Gasteiger partial charge in [0.2, 0.25) is 0 Å². The lowest BCUT2D eigenvalue weighted by atomic mass is 9.69. The lowest BCUT2D eigenvalue weighted by Gasteiger charge is -2.35. The van der Waals surface area contributed by atoms with E-state index in [1.54, 1.807) is 0 Å². The first kappa shape index (κ1) is 20.7. The van der Waals surface area contributed by atoms with Gasteiger partial charge in [-0.1, -0.05) is 60.7 Å². The molecule has 0 saturated heterocycles. The van der Waals surface area contributed by atoms with Crippen LogP contribution in [0.1, 0.15) is 45.7 Å². The maximum Gasteiger partial charge on any atom is 0.127 e. The smallest absolute Gasteiger partial charge is 0.127 e. The summed E-state index contributed by atoms with van der Waals surface area (Å²) in [6.45, 7) is 24.6. The largest absolute Gasteiger partial charge is 0.383 e. The van der Waals surface area contributed by atoms with Gasteiger partial charge in [-0.05, 0) is 52.7 Å². The van der Waals surface area contributed by atoms with Crippen molar-refractivity contribution in [3.05, 3.63) is 83.2 Å². The van der Waals surface area contributed by atoms with Crippen LogP contribution in [0, 0.1) is 12.3 Å². The van der Waals surface area contributed by atoms with Gasteiger partial charge in [-0.25, -0.2) is 4.99 Å². The van der Waals surface area contributed by atoms with Crippen LogP contribution in [0.3, 0.4) is 0 Å². The topological polar surface area (TPSA) is 38.4 Å². The highest BCUT2D eigenvalue weighted by Gasteiger charge is 2.33. The van der Waals surface area contributed by atoms with Crippen LogP contribution in [0.15, 0.2) is 77.1 Å². The summed E-state index contributed by atoms with van der Waals surface area (Å²) in [6.07, 6.45) is 0.772. The summed E-state index contributed by atoms with van der Waals surface area (Å²) in [4.78, 5) is 4.70. The number of nitrogens with two attached hydrogens (primary N) is 1. The third-order valence-electron chi connectivity index (χ3n) is 4.91. The van der Waals surface area contributed by atoms with Crippen molar-refractivity contribution in [2.24, 2.45) is 16.1 Å². The summed E-state index contributed by atoms with van der Waals surface area (Å²) in [5.41, 5.74) is 13.2. The maximum atomic E-state index is 6.42. The molecular weight excluding hydrogens is 304 g/mol. The Morgan fingerprint density at radius 1 is 1.04 bits per heavy atom. The quantitative estimate of drug-likeness (QED) is 0.375. The number of allylic oxidation sites excluding steroid dienone is 4. The second kappa shape index (κ2) is 8.15. The van der Waals surface area contributed by atoms with Crippen molar-refractivity contribution in [2.45, 2.75) is 48.0 Å². The average Bonchev–Trinajstić information content (AvgIpc) is 2.48. The van der Waals surface area contributed by atoms with Crippen molar-refractivity contribution in [1.82, 2.24) is 0 Å². The Bertz CT molecular complexity index is 746. The second-order valence-electron chi connectivity index (χ2n) is 7.18. The van der Waals surface area contributed by atoms with Gasteiger partial charge in [0.15, 0.2) is 0 Å². The van der Waals surface area contributed by atoms with Gasteiger partial charge < -0.3 is 5.73 Å². The molecule has 2 nitrogen and oxygen atoms in total. The van der Waals surface area contributed by atoms with E-state index in [4.69, 9.17) is 10.7 Å². The van der Waals surface area contributed by atoms with E-state index in [9.17, 15) is 0 Å². The minimum atomic E-state index is -0.442. The minimum absolute atomic E-state index is 0.442. The molecule has 2 heteroatoms. The van der Waals surface area contributed by atoms with Gasteiger partial charge in [0.05, 0.1) is 0 Å². The monoisotopic (exact) mass is 336 g/mol. The van der Waals surface area contributed by atoms with Gasteiger partial charge in [-0.15, -0.1) is 0 Å². The number of aliphatic imine (C=N–C) groups is 1. The number of benzene rings is 1. The number of nitrogens with zero attached hydrogens (tertiary/aromatic N) is 1. The Labute approximate surface area is 153 Å². The normalized spacial score (nSPS) is 13.3. The zero-order valence-corrected chi connectivity index (χ0v) is 16.7. The van der Waals surface area contributed by atoms with E-state index in [0.29, 0.717) is 5.82 Å². The van der Waals surface area contributed by atoms with Crippen LogP contribution in [-0.4, -0.2) is 5.71 Å². The van der Waals surface area contributed by atoms with Gasteiger partial charge in [-0.3, -0.25) is 0 Å². The molecule has 0 bridgehead atoms. The van der Waals surface area contributed by atoms with E-state index in [1.807, 2.05) is 39.8 Å².